The van der Waals surface area contributed by atoms with Crippen LogP contribution in [-0.2, 0) is 0 Å². The summed E-state index contributed by atoms with van der Waals surface area (Å²) in [6.45, 7) is 2.21. The third-order valence-corrected chi connectivity index (χ3v) is 3.60. The van der Waals surface area contributed by atoms with Crippen LogP contribution in [0.15, 0.2) is 42.5 Å². The third-order valence-electron chi connectivity index (χ3n) is 3.60. The van der Waals surface area contributed by atoms with Gasteiger partial charge in [0, 0.05) is 24.2 Å². The highest BCUT2D eigenvalue weighted by Crippen LogP contribution is 2.24. The van der Waals surface area contributed by atoms with E-state index in [4.69, 9.17) is 9.47 Å². The van der Waals surface area contributed by atoms with Gasteiger partial charge in [-0.3, -0.25) is 0 Å². The lowest BCUT2D eigenvalue weighted by Gasteiger charge is -2.19. The van der Waals surface area contributed by atoms with Crippen molar-refractivity contribution in [2.45, 2.75) is 19.1 Å². The molecule has 0 aliphatic heterocycles. The van der Waals surface area contributed by atoms with Gasteiger partial charge in [-0.25, -0.2) is 8.78 Å². The van der Waals surface area contributed by atoms with Gasteiger partial charge in [0.1, 0.15) is 24.2 Å². The average Bonchev–Trinajstić information content (AvgIpc) is 2.60. The van der Waals surface area contributed by atoms with E-state index in [0.717, 1.165) is 23.4 Å². The Bertz CT molecular complexity index is 666. The van der Waals surface area contributed by atoms with E-state index >= 15 is 0 Å². The first-order valence-corrected chi connectivity index (χ1v) is 7.63. The number of halogens is 2. The van der Waals surface area contributed by atoms with Crippen molar-refractivity contribution in [1.82, 2.24) is 5.32 Å². The van der Waals surface area contributed by atoms with E-state index in [1.54, 1.807) is 7.11 Å². The molecule has 0 aromatic heterocycles. The molecule has 0 amide bonds. The van der Waals surface area contributed by atoms with Gasteiger partial charge in [-0.2, -0.15) is 0 Å². The normalized spacial score (nSPS) is 13.4. The van der Waals surface area contributed by atoms with Crippen LogP contribution in [0, 0.1) is 11.6 Å². The standard InChI is InChI=1S/C18H21F2NO3/c1-12(15-5-3-4-6-18(15)23-2)21-10-13(22)11-24-14-7-8-16(19)17(20)9-14/h3-9,12-13,21-22H,10-11H2,1-2H3. The molecule has 2 aromatic carbocycles. The van der Waals surface area contributed by atoms with Crippen molar-refractivity contribution < 1.29 is 23.4 Å². The lowest BCUT2D eigenvalue weighted by atomic mass is 10.1. The predicted molar refractivity (Wildman–Crippen MR) is 87.3 cm³/mol. The lowest BCUT2D eigenvalue weighted by molar-refractivity contribution is 0.104. The largest absolute Gasteiger partial charge is 0.496 e. The van der Waals surface area contributed by atoms with Gasteiger partial charge in [0.25, 0.3) is 0 Å². The number of methoxy groups -OCH3 is 1. The van der Waals surface area contributed by atoms with Gasteiger partial charge in [-0.15, -0.1) is 0 Å². The molecule has 130 valence electrons. The van der Waals surface area contributed by atoms with Crippen molar-refractivity contribution in [3.8, 4) is 11.5 Å². The van der Waals surface area contributed by atoms with Crippen molar-refractivity contribution in [1.29, 1.82) is 0 Å². The minimum Gasteiger partial charge on any atom is -0.496 e. The minimum atomic E-state index is -0.982. The van der Waals surface area contributed by atoms with Gasteiger partial charge in [-0.1, -0.05) is 18.2 Å². The molecule has 2 unspecified atom stereocenters. The number of nitrogens with one attached hydrogen (secondary N) is 1. The van der Waals surface area contributed by atoms with Gasteiger partial charge >= 0.3 is 0 Å². The fourth-order valence-corrected chi connectivity index (χ4v) is 2.26. The zero-order valence-electron chi connectivity index (χ0n) is 13.6. The molecule has 0 aliphatic carbocycles. The second-order valence-corrected chi connectivity index (χ2v) is 5.41. The highest BCUT2D eigenvalue weighted by molar-refractivity contribution is 5.35. The minimum absolute atomic E-state index is 0.0286. The van der Waals surface area contributed by atoms with Gasteiger partial charge < -0.3 is 19.9 Å². The Morgan fingerprint density at radius 1 is 1.12 bits per heavy atom. The van der Waals surface area contributed by atoms with Crippen molar-refractivity contribution in [2.75, 3.05) is 20.3 Å². The van der Waals surface area contributed by atoms with Crippen molar-refractivity contribution >= 4 is 0 Å². The van der Waals surface area contributed by atoms with Crippen LogP contribution in [0.3, 0.4) is 0 Å². The van der Waals surface area contributed by atoms with E-state index in [0.29, 0.717) is 0 Å². The first-order valence-electron chi connectivity index (χ1n) is 7.63. The van der Waals surface area contributed by atoms with Gasteiger partial charge in [-0.05, 0) is 25.1 Å². The summed E-state index contributed by atoms with van der Waals surface area (Å²) in [7, 11) is 1.61. The van der Waals surface area contributed by atoms with Crippen molar-refractivity contribution in [2.24, 2.45) is 0 Å². The topological polar surface area (TPSA) is 50.7 Å². The second-order valence-electron chi connectivity index (χ2n) is 5.41. The van der Waals surface area contributed by atoms with Gasteiger partial charge in [0.2, 0.25) is 0 Å². The van der Waals surface area contributed by atoms with Gasteiger partial charge in [0.15, 0.2) is 11.6 Å². The van der Waals surface area contributed by atoms with Crippen LogP contribution in [0.25, 0.3) is 0 Å². The van der Waals surface area contributed by atoms with E-state index in [-0.39, 0.29) is 24.9 Å². The van der Waals surface area contributed by atoms with Crippen LogP contribution in [-0.4, -0.2) is 31.5 Å². The number of benzene rings is 2. The second kappa shape index (κ2) is 8.61. The van der Waals surface area contributed by atoms with Crippen LogP contribution in [0.4, 0.5) is 8.78 Å². The summed E-state index contributed by atoms with van der Waals surface area (Å²) in [5.41, 5.74) is 0.980. The van der Waals surface area contributed by atoms with E-state index in [2.05, 4.69) is 5.32 Å². The maximum Gasteiger partial charge on any atom is 0.162 e. The molecule has 0 radical (unpaired) electrons. The summed E-state index contributed by atoms with van der Waals surface area (Å²) >= 11 is 0. The number of ether oxygens (including phenoxy) is 2. The number of aliphatic hydroxyl groups excluding tert-OH is 1. The average molecular weight is 337 g/mol. The molecule has 0 saturated carbocycles. The quantitative estimate of drug-likeness (QED) is 0.777. The maximum absolute atomic E-state index is 13.1. The maximum atomic E-state index is 13.1. The smallest absolute Gasteiger partial charge is 0.162 e. The summed E-state index contributed by atoms with van der Waals surface area (Å²) in [5, 5.41) is 13.2. The number of para-hydroxylation sites is 1. The first-order chi connectivity index (χ1) is 11.5. The fourth-order valence-electron chi connectivity index (χ4n) is 2.26. The molecule has 6 heteroatoms. The van der Waals surface area contributed by atoms with Crippen LogP contribution in [0.2, 0.25) is 0 Å². The Balaban J connectivity index is 1.82. The molecule has 0 aliphatic rings. The lowest BCUT2D eigenvalue weighted by Crippen LogP contribution is -2.33. The summed E-state index contributed by atoms with van der Waals surface area (Å²) in [6.07, 6.45) is -0.796. The molecular formula is C18H21F2NO3. The van der Waals surface area contributed by atoms with Crippen LogP contribution in [0.1, 0.15) is 18.5 Å². The molecule has 0 heterocycles. The highest BCUT2D eigenvalue weighted by Gasteiger charge is 2.13. The monoisotopic (exact) mass is 337 g/mol. The Hall–Kier alpha value is -2.18. The van der Waals surface area contributed by atoms with E-state index in [1.807, 2.05) is 31.2 Å². The molecule has 0 bridgehead atoms. The number of hydrogen-bond donors (Lipinski definition) is 2. The molecule has 24 heavy (non-hydrogen) atoms. The van der Waals surface area contributed by atoms with Crippen molar-refractivity contribution in [3.05, 3.63) is 59.7 Å². The fraction of sp³-hybridized carbons (Fsp3) is 0.333. The van der Waals surface area contributed by atoms with Crippen LogP contribution in [0.5, 0.6) is 11.5 Å². The van der Waals surface area contributed by atoms with E-state index < -0.39 is 17.7 Å². The third kappa shape index (κ3) is 4.91. The number of aliphatic hydroxyl groups is 1. The molecule has 2 rings (SSSR count). The molecule has 2 N–H and O–H groups in total. The Morgan fingerprint density at radius 3 is 2.58 bits per heavy atom. The summed E-state index contributed by atoms with van der Waals surface area (Å²) < 4.78 is 36.5. The first kappa shape index (κ1) is 18.2. The van der Waals surface area contributed by atoms with Crippen LogP contribution >= 0.6 is 0 Å². The van der Waals surface area contributed by atoms with Crippen molar-refractivity contribution in [3.63, 3.8) is 0 Å². The Morgan fingerprint density at radius 2 is 1.88 bits per heavy atom. The van der Waals surface area contributed by atoms with E-state index in [9.17, 15) is 13.9 Å². The van der Waals surface area contributed by atoms with Gasteiger partial charge in [0.05, 0.1) is 7.11 Å². The SMILES string of the molecule is COc1ccccc1C(C)NCC(O)COc1ccc(F)c(F)c1. The molecule has 2 atom stereocenters. The summed E-state index contributed by atoms with van der Waals surface area (Å²) in [4.78, 5) is 0. The molecule has 0 fully saturated rings. The molecule has 4 nitrogen and oxygen atoms in total. The zero-order chi connectivity index (χ0) is 17.5. The highest BCUT2D eigenvalue weighted by atomic mass is 19.2. The predicted octanol–water partition coefficient (Wildman–Crippen LogP) is 3.06. The summed E-state index contributed by atoms with van der Waals surface area (Å²) in [5.74, 6) is -0.976. The van der Waals surface area contributed by atoms with E-state index in [1.165, 1.54) is 6.07 Å². The Labute approximate surface area is 140 Å². The van der Waals surface area contributed by atoms with Crippen LogP contribution < -0.4 is 14.8 Å². The molecule has 2 aromatic rings. The Kier molecular flexibility index (Phi) is 6.52. The zero-order valence-corrected chi connectivity index (χ0v) is 13.6. The molecule has 0 saturated heterocycles. The number of rotatable bonds is 8. The molecular weight excluding hydrogens is 316 g/mol. The summed E-state index contributed by atoms with van der Waals surface area (Å²) in [6, 6.07) is 10.8. The number of hydrogen-bond acceptors (Lipinski definition) is 4. The molecule has 0 spiro atoms.